The molecule has 0 aliphatic rings. The van der Waals surface area contributed by atoms with E-state index in [1.54, 1.807) is 6.92 Å². The van der Waals surface area contributed by atoms with Crippen LogP contribution >= 0.6 is 11.6 Å². The van der Waals surface area contributed by atoms with Gasteiger partial charge >= 0.3 is 6.18 Å². The lowest BCUT2D eigenvalue weighted by molar-refractivity contribution is -0.208. The molecular formula is C7H8ClF3N2O. The Labute approximate surface area is 83.1 Å². The predicted molar refractivity (Wildman–Crippen MR) is 43.9 cm³/mol. The van der Waals surface area contributed by atoms with Crippen molar-refractivity contribution in [2.75, 3.05) is 0 Å². The molecule has 0 aromatic carbocycles. The number of alkyl halides is 3. The van der Waals surface area contributed by atoms with Crippen molar-refractivity contribution >= 4 is 11.6 Å². The van der Waals surface area contributed by atoms with Crippen LogP contribution in [0, 0.1) is 0 Å². The predicted octanol–water partition coefficient (Wildman–Crippen LogP) is 2.15. The fourth-order valence-electron chi connectivity index (χ4n) is 1.04. The highest BCUT2D eigenvalue weighted by atomic mass is 35.5. The number of aryl methyl sites for hydroxylation is 1. The molecule has 0 aliphatic heterocycles. The number of imidazole rings is 1. The Balaban J connectivity index is 3.11. The normalized spacial score (nSPS) is 14.4. The first kappa shape index (κ1) is 11.3. The van der Waals surface area contributed by atoms with Gasteiger partial charge in [0.15, 0.2) is 11.3 Å². The molecule has 1 rings (SSSR count). The second kappa shape index (κ2) is 3.78. The Hall–Kier alpha value is -0.750. The molecule has 1 heterocycles. The summed E-state index contributed by atoms with van der Waals surface area (Å²) in [7, 11) is 0. The van der Waals surface area contributed by atoms with Crippen molar-refractivity contribution in [2.24, 2.45) is 0 Å². The summed E-state index contributed by atoms with van der Waals surface area (Å²) in [6.45, 7) is 1.90. The third-order valence-electron chi connectivity index (χ3n) is 1.74. The maximum atomic E-state index is 12.2. The lowest BCUT2D eigenvalue weighted by Crippen LogP contribution is -2.23. The lowest BCUT2D eigenvalue weighted by Gasteiger charge is -2.16. The van der Waals surface area contributed by atoms with Crippen LogP contribution in [0.4, 0.5) is 13.2 Å². The molecule has 0 spiro atoms. The highest BCUT2D eigenvalue weighted by molar-refractivity contribution is 6.30. The fourth-order valence-corrected chi connectivity index (χ4v) is 1.30. The van der Waals surface area contributed by atoms with Gasteiger partial charge in [0.1, 0.15) is 0 Å². The second-order valence-corrected chi connectivity index (χ2v) is 3.01. The minimum Gasteiger partial charge on any atom is -0.378 e. The van der Waals surface area contributed by atoms with Crippen LogP contribution in [0.25, 0.3) is 0 Å². The zero-order chi connectivity index (χ0) is 10.9. The van der Waals surface area contributed by atoms with Crippen LogP contribution in [0.15, 0.2) is 6.33 Å². The maximum Gasteiger partial charge on any atom is 0.420 e. The topological polar surface area (TPSA) is 38.0 Å². The number of nitrogens with zero attached hydrogens (tertiary/aromatic N) is 2. The first-order valence-corrected chi connectivity index (χ1v) is 4.21. The van der Waals surface area contributed by atoms with E-state index < -0.39 is 18.0 Å². The van der Waals surface area contributed by atoms with Gasteiger partial charge in [-0.05, 0) is 6.92 Å². The van der Waals surface area contributed by atoms with E-state index in [4.69, 9.17) is 16.7 Å². The number of rotatable bonds is 2. The average Bonchev–Trinajstić information content (AvgIpc) is 2.43. The Morgan fingerprint density at radius 2 is 2.21 bits per heavy atom. The number of aliphatic hydroxyl groups excluding tert-OH is 1. The number of aromatic nitrogens is 2. The number of hydrogen-bond donors (Lipinski definition) is 1. The minimum atomic E-state index is -4.73. The van der Waals surface area contributed by atoms with Gasteiger partial charge in [-0.15, -0.1) is 0 Å². The van der Waals surface area contributed by atoms with Crippen molar-refractivity contribution in [1.29, 1.82) is 0 Å². The molecule has 1 N–H and O–H groups in total. The molecule has 0 saturated heterocycles. The van der Waals surface area contributed by atoms with E-state index in [1.807, 2.05) is 0 Å². The van der Waals surface area contributed by atoms with Crippen LogP contribution < -0.4 is 0 Å². The summed E-state index contributed by atoms with van der Waals surface area (Å²) < 4.78 is 37.6. The van der Waals surface area contributed by atoms with Gasteiger partial charge in [-0.3, -0.25) is 0 Å². The molecule has 0 unspecified atom stereocenters. The maximum absolute atomic E-state index is 12.2. The largest absolute Gasteiger partial charge is 0.420 e. The third-order valence-corrected chi connectivity index (χ3v) is 2.03. The molecule has 7 heteroatoms. The highest BCUT2D eigenvalue weighted by Crippen LogP contribution is 2.35. The van der Waals surface area contributed by atoms with Crippen LogP contribution in [0.5, 0.6) is 0 Å². The molecule has 1 aromatic heterocycles. The van der Waals surface area contributed by atoms with E-state index in [1.165, 1.54) is 0 Å². The van der Waals surface area contributed by atoms with Gasteiger partial charge < -0.3 is 9.67 Å². The van der Waals surface area contributed by atoms with Crippen LogP contribution in [0.2, 0.25) is 5.15 Å². The molecule has 0 saturated carbocycles. The molecule has 14 heavy (non-hydrogen) atoms. The average molecular weight is 229 g/mol. The summed E-state index contributed by atoms with van der Waals surface area (Å²) in [5.41, 5.74) is -0.415. The Kier molecular flexibility index (Phi) is 3.06. The van der Waals surface area contributed by atoms with Gasteiger partial charge in [0.25, 0.3) is 0 Å². The summed E-state index contributed by atoms with van der Waals surface area (Å²) in [5.74, 6) is 0. The summed E-state index contributed by atoms with van der Waals surface area (Å²) in [4.78, 5) is 3.49. The monoisotopic (exact) mass is 228 g/mol. The van der Waals surface area contributed by atoms with Crippen LogP contribution in [0.1, 0.15) is 18.7 Å². The first-order valence-electron chi connectivity index (χ1n) is 3.83. The highest BCUT2D eigenvalue weighted by Gasteiger charge is 2.42. The molecular weight excluding hydrogens is 221 g/mol. The molecule has 0 bridgehead atoms. The molecule has 0 aliphatic carbocycles. The van der Waals surface area contributed by atoms with E-state index in [-0.39, 0.29) is 11.7 Å². The van der Waals surface area contributed by atoms with Crippen molar-refractivity contribution < 1.29 is 18.3 Å². The summed E-state index contributed by atoms with van der Waals surface area (Å²) in [6, 6.07) is 0. The minimum absolute atomic E-state index is 0.266. The van der Waals surface area contributed by atoms with Crippen molar-refractivity contribution in [3.63, 3.8) is 0 Å². The van der Waals surface area contributed by atoms with E-state index in [2.05, 4.69) is 4.98 Å². The van der Waals surface area contributed by atoms with E-state index in [9.17, 15) is 13.2 Å². The van der Waals surface area contributed by atoms with Crippen molar-refractivity contribution in [3.05, 3.63) is 17.2 Å². The zero-order valence-electron chi connectivity index (χ0n) is 7.22. The summed E-state index contributed by atoms with van der Waals surface area (Å²) in [5, 5.41) is 8.65. The molecule has 0 fully saturated rings. The van der Waals surface area contributed by atoms with E-state index >= 15 is 0 Å². The molecule has 0 amide bonds. The Morgan fingerprint density at radius 3 is 2.64 bits per heavy atom. The fraction of sp³-hybridized carbons (Fsp3) is 0.571. The van der Waals surface area contributed by atoms with Gasteiger partial charge in [-0.1, -0.05) is 11.6 Å². The van der Waals surface area contributed by atoms with Crippen LogP contribution in [-0.2, 0) is 6.54 Å². The van der Waals surface area contributed by atoms with Crippen LogP contribution in [-0.4, -0.2) is 20.8 Å². The molecule has 1 aromatic rings. The Bertz CT molecular complexity index is 323. The van der Waals surface area contributed by atoms with E-state index in [0.717, 1.165) is 10.9 Å². The Morgan fingerprint density at radius 1 is 1.64 bits per heavy atom. The van der Waals surface area contributed by atoms with Crippen LogP contribution in [0.3, 0.4) is 0 Å². The van der Waals surface area contributed by atoms with Gasteiger partial charge in [0.2, 0.25) is 0 Å². The van der Waals surface area contributed by atoms with Gasteiger partial charge in [-0.25, -0.2) is 4.98 Å². The lowest BCUT2D eigenvalue weighted by atomic mass is 10.2. The van der Waals surface area contributed by atoms with Crippen molar-refractivity contribution in [1.82, 2.24) is 9.55 Å². The number of hydrogen-bond acceptors (Lipinski definition) is 2. The van der Waals surface area contributed by atoms with Gasteiger partial charge in [-0.2, -0.15) is 13.2 Å². The molecule has 80 valence electrons. The smallest absolute Gasteiger partial charge is 0.378 e. The summed E-state index contributed by atoms with van der Waals surface area (Å²) in [6.07, 6.45) is -6.15. The van der Waals surface area contributed by atoms with Crippen molar-refractivity contribution in [2.45, 2.75) is 25.7 Å². The SMILES string of the molecule is CCn1cnc(Cl)c1[C@@H](O)C(F)(F)F. The third kappa shape index (κ3) is 2.01. The molecule has 3 nitrogen and oxygen atoms in total. The summed E-state index contributed by atoms with van der Waals surface area (Å²) >= 11 is 5.43. The molecule has 0 radical (unpaired) electrons. The standard InChI is InChI=1S/C7H8ClF3N2O/c1-2-13-3-12-6(8)4(13)5(14)7(9,10)11/h3,5,14H,2H2,1H3/t5-/m1/s1. The van der Waals surface area contributed by atoms with Crippen molar-refractivity contribution in [3.8, 4) is 0 Å². The quantitative estimate of drug-likeness (QED) is 0.842. The number of aliphatic hydroxyl groups is 1. The number of halogens is 4. The molecule has 1 atom stereocenters. The van der Waals surface area contributed by atoms with E-state index in [0.29, 0.717) is 0 Å². The zero-order valence-corrected chi connectivity index (χ0v) is 7.97. The first-order chi connectivity index (χ1) is 6.38. The van der Waals surface area contributed by atoms with Gasteiger partial charge in [0.05, 0.1) is 12.0 Å². The second-order valence-electron chi connectivity index (χ2n) is 2.65. The van der Waals surface area contributed by atoms with Gasteiger partial charge in [0, 0.05) is 6.54 Å².